The number of thioether (sulfide) groups is 1. The average molecular weight is 455 g/mol. The van der Waals surface area contributed by atoms with E-state index in [0.29, 0.717) is 4.34 Å². The molecule has 1 unspecified atom stereocenters. The van der Waals surface area contributed by atoms with E-state index in [1.165, 1.54) is 13.0 Å². The summed E-state index contributed by atoms with van der Waals surface area (Å²) in [4.78, 5) is 23.6. The molecule has 0 radical (unpaired) electrons. The maximum Gasteiger partial charge on any atom is 0.418 e. The maximum absolute atomic E-state index is 13.1. The number of hydrogen-bond acceptors (Lipinski definition) is 7. The van der Waals surface area contributed by atoms with Gasteiger partial charge in [0.25, 0.3) is 0 Å². The minimum atomic E-state index is -4.67. The number of halogens is 4. The fraction of sp³-hybridized carbons (Fsp3) is 0.333. The monoisotopic (exact) mass is 454 g/mol. The molecule has 0 bridgehead atoms. The van der Waals surface area contributed by atoms with Crippen LogP contribution in [0, 0.1) is 0 Å². The molecule has 7 nitrogen and oxygen atoms in total. The third-order valence-electron chi connectivity index (χ3n) is 3.08. The molecule has 13 heteroatoms. The third-order valence-corrected chi connectivity index (χ3v) is 5.34. The molecule has 0 aliphatic rings. The third kappa shape index (κ3) is 6.24. The lowest BCUT2D eigenvalue weighted by molar-refractivity contribution is -0.137. The number of ether oxygens (including phenoxy) is 1. The van der Waals surface area contributed by atoms with E-state index < -0.39 is 34.7 Å². The number of nitrogens with one attached hydrogen (secondary N) is 2. The van der Waals surface area contributed by atoms with Gasteiger partial charge in [-0.2, -0.15) is 13.2 Å². The number of anilines is 2. The second kappa shape index (κ2) is 9.43. The van der Waals surface area contributed by atoms with E-state index in [-0.39, 0.29) is 16.8 Å². The molecule has 1 heterocycles. The number of benzene rings is 1. The lowest BCUT2D eigenvalue weighted by Gasteiger charge is -2.16. The summed E-state index contributed by atoms with van der Waals surface area (Å²) in [5, 5.41) is 11.5. The Bertz CT molecular complexity index is 863. The van der Waals surface area contributed by atoms with Crippen molar-refractivity contribution in [3.63, 3.8) is 0 Å². The van der Waals surface area contributed by atoms with Gasteiger partial charge in [-0.1, -0.05) is 34.7 Å². The second-order valence-electron chi connectivity index (χ2n) is 5.16. The molecule has 1 aromatic heterocycles. The van der Waals surface area contributed by atoms with Crippen LogP contribution in [0.5, 0.6) is 0 Å². The van der Waals surface area contributed by atoms with E-state index in [4.69, 9.17) is 16.3 Å². The first kappa shape index (κ1) is 22.2. The lowest BCUT2D eigenvalue weighted by atomic mass is 10.1. The summed E-state index contributed by atoms with van der Waals surface area (Å²) in [5.41, 5.74) is -1.43. The fourth-order valence-electron chi connectivity index (χ4n) is 1.86. The van der Waals surface area contributed by atoms with Crippen LogP contribution >= 0.6 is 34.7 Å². The largest absolute Gasteiger partial charge is 0.450 e. The number of aromatic nitrogens is 2. The number of carbonyl (C=O) groups excluding carboxylic acids is 2. The highest BCUT2D eigenvalue weighted by Crippen LogP contribution is 2.37. The maximum atomic E-state index is 13.1. The summed E-state index contributed by atoms with van der Waals surface area (Å²) in [6, 6.07) is 3.09. The van der Waals surface area contributed by atoms with Gasteiger partial charge in [0.05, 0.1) is 23.1 Å². The molecule has 0 aliphatic carbocycles. The van der Waals surface area contributed by atoms with E-state index >= 15 is 0 Å². The number of nitrogens with zero attached hydrogens (tertiary/aromatic N) is 2. The van der Waals surface area contributed by atoms with Gasteiger partial charge in [0.2, 0.25) is 11.0 Å². The molecule has 2 rings (SSSR count). The van der Waals surface area contributed by atoms with E-state index in [2.05, 4.69) is 20.8 Å². The topological polar surface area (TPSA) is 93.2 Å². The van der Waals surface area contributed by atoms with Gasteiger partial charge in [-0.25, -0.2) is 4.79 Å². The Labute approximate surface area is 171 Å². The van der Waals surface area contributed by atoms with Crippen molar-refractivity contribution >= 4 is 57.5 Å². The summed E-state index contributed by atoms with van der Waals surface area (Å²) in [6.45, 7) is 3.34. The van der Waals surface area contributed by atoms with Gasteiger partial charge in [-0.3, -0.25) is 10.1 Å². The molecule has 2 N–H and O–H groups in total. The Kier molecular flexibility index (Phi) is 7.49. The van der Waals surface area contributed by atoms with Crippen molar-refractivity contribution in [1.82, 2.24) is 10.2 Å². The molecule has 0 fully saturated rings. The summed E-state index contributed by atoms with van der Waals surface area (Å²) in [5.74, 6) is -0.659. The molecule has 1 atom stereocenters. The first-order chi connectivity index (χ1) is 13.1. The molecule has 2 aromatic rings. The highest BCUT2D eigenvalue weighted by molar-refractivity contribution is 8.02. The molecular formula is C15H14ClF3N4O3S2. The molecule has 2 amide bonds. The number of amides is 2. The Balaban J connectivity index is 2.03. The Morgan fingerprint density at radius 3 is 2.68 bits per heavy atom. The van der Waals surface area contributed by atoms with Crippen molar-refractivity contribution in [2.24, 2.45) is 0 Å². The first-order valence-electron chi connectivity index (χ1n) is 7.71. The van der Waals surface area contributed by atoms with Crippen LogP contribution in [-0.4, -0.2) is 34.1 Å². The minimum Gasteiger partial charge on any atom is -0.450 e. The molecule has 0 spiro atoms. The summed E-state index contributed by atoms with van der Waals surface area (Å²) < 4.78 is 44.4. The Morgan fingerprint density at radius 2 is 2.04 bits per heavy atom. The normalized spacial score (nSPS) is 12.4. The molecule has 0 saturated heterocycles. The molecule has 0 aliphatic heterocycles. The standard InChI is InChI=1S/C15H14ClF3N4O3S2/c1-3-26-13(25)21-12-22-23-14(28-12)27-7(2)11(24)20-10-5-4-8(16)6-9(10)15(17,18)19/h4-7H,3H2,1-2H3,(H,20,24)(H,21,22,25). The van der Waals surface area contributed by atoms with Crippen LogP contribution in [0.15, 0.2) is 22.5 Å². The van der Waals surface area contributed by atoms with Crippen molar-refractivity contribution in [3.05, 3.63) is 28.8 Å². The highest BCUT2D eigenvalue weighted by Gasteiger charge is 2.34. The smallest absolute Gasteiger partial charge is 0.418 e. The average Bonchev–Trinajstić information content (AvgIpc) is 3.02. The Hall–Kier alpha value is -2.05. The van der Waals surface area contributed by atoms with Crippen LogP contribution in [0.3, 0.4) is 0 Å². The number of carbonyl (C=O) groups is 2. The zero-order chi connectivity index (χ0) is 20.9. The van der Waals surface area contributed by atoms with E-state index in [1.807, 2.05) is 0 Å². The fourth-order valence-corrected chi connectivity index (χ4v) is 3.92. The van der Waals surface area contributed by atoms with Crippen molar-refractivity contribution in [3.8, 4) is 0 Å². The van der Waals surface area contributed by atoms with Gasteiger partial charge >= 0.3 is 12.3 Å². The van der Waals surface area contributed by atoms with Crippen LogP contribution in [-0.2, 0) is 15.7 Å². The van der Waals surface area contributed by atoms with Gasteiger partial charge in [0.15, 0.2) is 4.34 Å². The van der Waals surface area contributed by atoms with Crippen LogP contribution in [0.25, 0.3) is 0 Å². The Morgan fingerprint density at radius 1 is 1.32 bits per heavy atom. The molecular weight excluding hydrogens is 441 g/mol. The summed E-state index contributed by atoms with van der Waals surface area (Å²) in [7, 11) is 0. The number of alkyl halides is 3. The molecule has 28 heavy (non-hydrogen) atoms. The molecule has 0 saturated carbocycles. The minimum absolute atomic E-state index is 0.0942. The van der Waals surface area contributed by atoms with Crippen molar-refractivity contribution in [1.29, 1.82) is 0 Å². The van der Waals surface area contributed by atoms with E-state index in [1.54, 1.807) is 6.92 Å². The summed E-state index contributed by atoms with van der Waals surface area (Å²) >= 11 is 7.60. The lowest BCUT2D eigenvalue weighted by Crippen LogP contribution is -2.24. The first-order valence-corrected chi connectivity index (χ1v) is 9.79. The van der Waals surface area contributed by atoms with Crippen LogP contribution in [0.1, 0.15) is 19.4 Å². The summed E-state index contributed by atoms with van der Waals surface area (Å²) in [6.07, 6.45) is -5.36. The van der Waals surface area contributed by atoms with Gasteiger partial charge in [-0.15, -0.1) is 10.2 Å². The highest BCUT2D eigenvalue weighted by atomic mass is 35.5. The van der Waals surface area contributed by atoms with E-state index in [0.717, 1.165) is 35.2 Å². The predicted molar refractivity (Wildman–Crippen MR) is 101 cm³/mol. The molecule has 152 valence electrons. The predicted octanol–water partition coefficient (Wildman–Crippen LogP) is 4.90. The van der Waals surface area contributed by atoms with Crippen molar-refractivity contribution in [2.75, 3.05) is 17.2 Å². The van der Waals surface area contributed by atoms with Gasteiger partial charge in [0.1, 0.15) is 0 Å². The van der Waals surface area contributed by atoms with Gasteiger partial charge < -0.3 is 10.1 Å². The zero-order valence-corrected chi connectivity index (χ0v) is 16.9. The van der Waals surface area contributed by atoms with Crippen LogP contribution in [0.2, 0.25) is 5.02 Å². The number of rotatable bonds is 6. The van der Waals surface area contributed by atoms with Crippen LogP contribution in [0.4, 0.5) is 28.8 Å². The second-order valence-corrected chi connectivity index (χ2v) is 8.16. The van der Waals surface area contributed by atoms with Crippen molar-refractivity contribution < 1.29 is 27.5 Å². The van der Waals surface area contributed by atoms with Crippen LogP contribution < -0.4 is 10.6 Å². The SMILES string of the molecule is CCOC(=O)Nc1nnc(SC(C)C(=O)Nc2ccc(Cl)cc2C(F)(F)F)s1. The van der Waals surface area contributed by atoms with Gasteiger partial charge in [0, 0.05) is 5.02 Å². The quantitative estimate of drug-likeness (QED) is 0.476. The number of hydrogen-bond donors (Lipinski definition) is 2. The van der Waals surface area contributed by atoms with E-state index in [9.17, 15) is 22.8 Å². The van der Waals surface area contributed by atoms with Crippen molar-refractivity contribution in [2.45, 2.75) is 29.6 Å². The molecule has 1 aromatic carbocycles. The van der Waals surface area contributed by atoms with Gasteiger partial charge in [-0.05, 0) is 32.0 Å². The zero-order valence-electron chi connectivity index (χ0n) is 14.5.